The molecule has 2 aromatic carbocycles. The van der Waals surface area contributed by atoms with Crippen molar-refractivity contribution in [2.45, 2.75) is 19.7 Å². The Morgan fingerprint density at radius 2 is 1.92 bits per heavy atom. The first-order valence-corrected chi connectivity index (χ1v) is 8.44. The molecule has 1 aliphatic heterocycles. The minimum Gasteiger partial charge on any atom is -0.357 e. The summed E-state index contributed by atoms with van der Waals surface area (Å²) in [6.07, 6.45) is 4.34. The molecule has 3 nitrogen and oxygen atoms in total. The second-order valence-electron chi connectivity index (χ2n) is 6.37. The molecule has 1 fully saturated rings. The smallest absolute Gasteiger partial charge is 0.138 e. The predicted molar refractivity (Wildman–Crippen MR) is 96.1 cm³/mol. The van der Waals surface area contributed by atoms with Crippen LogP contribution in [0.25, 0.3) is 5.69 Å². The highest BCUT2D eigenvalue weighted by atomic mass is 16.5. The summed E-state index contributed by atoms with van der Waals surface area (Å²) < 4.78 is 8.18. The van der Waals surface area contributed by atoms with Crippen molar-refractivity contribution in [2.75, 3.05) is 13.2 Å². The summed E-state index contributed by atoms with van der Waals surface area (Å²) in [5.74, 6) is 0. The molecular formula is C21H22N2O. The molecule has 4 rings (SSSR count). The van der Waals surface area contributed by atoms with Crippen LogP contribution >= 0.6 is 0 Å². The van der Waals surface area contributed by atoms with Crippen molar-refractivity contribution in [2.24, 2.45) is 0 Å². The van der Waals surface area contributed by atoms with Gasteiger partial charge in [-0.05, 0) is 36.2 Å². The van der Waals surface area contributed by atoms with E-state index < -0.39 is 0 Å². The maximum Gasteiger partial charge on any atom is 0.138 e. The molecule has 0 amide bonds. The third-order valence-electron chi connectivity index (χ3n) is 4.52. The average Bonchev–Trinajstić information content (AvgIpc) is 3.25. The van der Waals surface area contributed by atoms with E-state index in [0.717, 1.165) is 19.7 Å². The second kappa shape index (κ2) is 6.63. The zero-order valence-corrected chi connectivity index (χ0v) is 13.9. The van der Waals surface area contributed by atoms with Crippen molar-refractivity contribution in [3.05, 3.63) is 89.7 Å². The number of rotatable bonds is 4. The molecular weight excluding hydrogens is 296 g/mol. The normalized spacial score (nSPS) is 18.1. The first-order chi connectivity index (χ1) is 11.8. The number of aromatic nitrogens is 1. The Morgan fingerprint density at radius 3 is 2.75 bits per heavy atom. The van der Waals surface area contributed by atoms with Gasteiger partial charge in [-0.2, -0.15) is 0 Å². The fraction of sp³-hybridized carbons (Fsp3) is 0.238. The van der Waals surface area contributed by atoms with E-state index in [1.165, 1.54) is 22.4 Å². The molecule has 1 saturated heterocycles. The molecule has 0 bridgehead atoms. The third kappa shape index (κ3) is 3.14. The maximum absolute atomic E-state index is 6.01. The van der Waals surface area contributed by atoms with Crippen molar-refractivity contribution < 1.29 is 4.74 Å². The van der Waals surface area contributed by atoms with E-state index >= 15 is 0 Å². The Bertz CT molecular complexity index is 809. The summed E-state index contributed by atoms with van der Waals surface area (Å²) in [7, 11) is 0. The lowest BCUT2D eigenvalue weighted by molar-refractivity contribution is 0.0288. The van der Waals surface area contributed by atoms with Gasteiger partial charge in [-0.1, -0.05) is 42.5 Å². The number of aryl methyl sites for hydroxylation is 1. The van der Waals surface area contributed by atoms with Gasteiger partial charge in [0.1, 0.15) is 6.23 Å². The lowest BCUT2D eigenvalue weighted by Crippen LogP contribution is -2.23. The van der Waals surface area contributed by atoms with Gasteiger partial charge in [0.25, 0.3) is 0 Å². The van der Waals surface area contributed by atoms with Crippen molar-refractivity contribution in [1.29, 1.82) is 0 Å². The van der Waals surface area contributed by atoms with Gasteiger partial charge in [-0.3, -0.25) is 4.90 Å². The first kappa shape index (κ1) is 15.2. The highest BCUT2D eigenvalue weighted by Crippen LogP contribution is 2.29. The highest BCUT2D eigenvalue weighted by Gasteiger charge is 2.27. The third-order valence-corrected chi connectivity index (χ3v) is 4.52. The van der Waals surface area contributed by atoms with Gasteiger partial charge in [-0.25, -0.2) is 0 Å². The van der Waals surface area contributed by atoms with Crippen molar-refractivity contribution in [1.82, 2.24) is 9.47 Å². The molecule has 2 heterocycles. The number of ether oxygens (including phenoxy) is 1. The summed E-state index contributed by atoms with van der Waals surface area (Å²) in [5.41, 5.74) is 5.00. The van der Waals surface area contributed by atoms with E-state index in [-0.39, 0.29) is 6.23 Å². The molecule has 122 valence electrons. The maximum atomic E-state index is 6.01. The summed E-state index contributed by atoms with van der Waals surface area (Å²) in [6.45, 7) is 4.79. The van der Waals surface area contributed by atoms with Crippen LogP contribution in [0, 0.1) is 6.92 Å². The largest absolute Gasteiger partial charge is 0.357 e. The zero-order valence-electron chi connectivity index (χ0n) is 13.9. The molecule has 0 saturated carbocycles. The Labute approximate surface area is 143 Å². The van der Waals surface area contributed by atoms with Gasteiger partial charge in [0.05, 0.1) is 6.61 Å². The summed E-state index contributed by atoms with van der Waals surface area (Å²) in [5, 5.41) is 0. The Balaban J connectivity index is 1.55. The standard InChI is InChI=1S/C21H22N2O/c1-17-6-5-9-20(14-17)22-11-10-19(16-22)21-23(12-13-24-21)15-18-7-3-2-4-8-18/h2-11,14,16,21H,12-13,15H2,1H3/t21-/m1/s1. The Kier molecular flexibility index (Phi) is 4.20. The van der Waals surface area contributed by atoms with Crippen LogP contribution < -0.4 is 0 Å². The molecule has 0 N–H and O–H groups in total. The summed E-state index contributed by atoms with van der Waals surface area (Å²) in [6, 6.07) is 21.3. The van der Waals surface area contributed by atoms with Crippen LogP contribution in [0.4, 0.5) is 0 Å². The quantitative estimate of drug-likeness (QED) is 0.713. The van der Waals surface area contributed by atoms with Crippen LogP contribution in [0.1, 0.15) is 22.9 Å². The summed E-state index contributed by atoms with van der Waals surface area (Å²) >= 11 is 0. The van der Waals surface area contributed by atoms with Gasteiger partial charge in [0, 0.05) is 36.7 Å². The Hall–Kier alpha value is -2.36. The van der Waals surface area contributed by atoms with Crippen LogP contribution in [-0.4, -0.2) is 22.6 Å². The number of hydrogen-bond donors (Lipinski definition) is 0. The molecule has 1 aliphatic rings. The summed E-state index contributed by atoms with van der Waals surface area (Å²) in [4.78, 5) is 2.39. The highest BCUT2D eigenvalue weighted by molar-refractivity contribution is 5.37. The van der Waals surface area contributed by atoms with Crippen molar-refractivity contribution in [3.8, 4) is 5.69 Å². The first-order valence-electron chi connectivity index (χ1n) is 8.44. The molecule has 0 spiro atoms. The minimum absolute atomic E-state index is 0.0382. The van der Waals surface area contributed by atoms with Crippen LogP contribution in [0.3, 0.4) is 0 Å². The second-order valence-corrected chi connectivity index (χ2v) is 6.37. The van der Waals surface area contributed by atoms with Crippen molar-refractivity contribution >= 4 is 0 Å². The topological polar surface area (TPSA) is 17.4 Å². The van der Waals surface area contributed by atoms with Crippen LogP contribution in [-0.2, 0) is 11.3 Å². The van der Waals surface area contributed by atoms with Gasteiger partial charge in [0.15, 0.2) is 0 Å². The molecule has 1 aromatic heterocycles. The lowest BCUT2D eigenvalue weighted by Gasteiger charge is -2.22. The lowest BCUT2D eigenvalue weighted by atomic mass is 10.2. The monoisotopic (exact) mass is 318 g/mol. The van der Waals surface area contributed by atoms with E-state index in [0.29, 0.717) is 0 Å². The average molecular weight is 318 g/mol. The van der Waals surface area contributed by atoms with E-state index in [9.17, 15) is 0 Å². The SMILES string of the molecule is Cc1cccc(-n2ccc([C@H]3OCCN3Cc3ccccc3)c2)c1. The van der Waals surface area contributed by atoms with Crippen LogP contribution in [0.2, 0.25) is 0 Å². The van der Waals surface area contributed by atoms with E-state index in [4.69, 9.17) is 4.74 Å². The van der Waals surface area contributed by atoms with E-state index in [1.54, 1.807) is 0 Å². The van der Waals surface area contributed by atoms with Gasteiger partial charge in [0.2, 0.25) is 0 Å². The zero-order chi connectivity index (χ0) is 16.4. The molecule has 1 atom stereocenters. The number of benzene rings is 2. The van der Waals surface area contributed by atoms with E-state index in [2.05, 4.69) is 89.4 Å². The molecule has 0 unspecified atom stereocenters. The van der Waals surface area contributed by atoms with E-state index in [1.807, 2.05) is 0 Å². The molecule has 0 aliphatic carbocycles. The fourth-order valence-corrected chi connectivity index (χ4v) is 3.30. The van der Waals surface area contributed by atoms with Gasteiger partial charge < -0.3 is 9.30 Å². The number of nitrogens with zero attached hydrogens (tertiary/aromatic N) is 2. The molecule has 24 heavy (non-hydrogen) atoms. The van der Waals surface area contributed by atoms with Crippen molar-refractivity contribution in [3.63, 3.8) is 0 Å². The molecule has 3 heteroatoms. The van der Waals surface area contributed by atoms with Gasteiger partial charge in [-0.15, -0.1) is 0 Å². The molecule has 3 aromatic rings. The van der Waals surface area contributed by atoms with Crippen LogP contribution in [0.5, 0.6) is 0 Å². The number of hydrogen-bond acceptors (Lipinski definition) is 2. The minimum atomic E-state index is 0.0382. The fourth-order valence-electron chi connectivity index (χ4n) is 3.30. The molecule has 0 radical (unpaired) electrons. The predicted octanol–water partition coefficient (Wildman–Crippen LogP) is 4.32. The Morgan fingerprint density at radius 1 is 1.04 bits per heavy atom. The van der Waals surface area contributed by atoms with Crippen LogP contribution in [0.15, 0.2) is 73.1 Å². The van der Waals surface area contributed by atoms with Gasteiger partial charge >= 0.3 is 0 Å².